The van der Waals surface area contributed by atoms with E-state index in [-0.39, 0.29) is 0 Å². The van der Waals surface area contributed by atoms with Gasteiger partial charge in [-0.15, -0.1) is 0 Å². The highest BCUT2D eigenvalue weighted by atomic mass is 16.5. The molecule has 0 aliphatic carbocycles. The molecule has 2 heteroatoms. The van der Waals surface area contributed by atoms with E-state index in [9.17, 15) is 0 Å². The van der Waals surface area contributed by atoms with Gasteiger partial charge in [0.15, 0.2) is 0 Å². The lowest BCUT2D eigenvalue weighted by atomic mass is 9.89. The van der Waals surface area contributed by atoms with E-state index in [1.165, 1.54) is 12.8 Å². The quantitative estimate of drug-likeness (QED) is 0.633. The van der Waals surface area contributed by atoms with Crippen LogP contribution in [0.5, 0.6) is 0 Å². The van der Waals surface area contributed by atoms with Crippen LogP contribution in [0.25, 0.3) is 0 Å². The Hall–Kier alpha value is -0.0800. The summed E-state index contributed by atoms with van der Waals surface area (Å²) in [4.78, 5) is 0. The van der Waals surface area contributed by atoms with Crippen LogP contribution in [0.4, 0.5) is 0 Å². The van der Waals surface area contributed by atoms with Crippen LogP contribution in [0, 0.1) is 11.8 Å². The molecule has 0 spiro atoms. The van der Waals surface area contributed by atoms with Crippen molar-refractivity contribution in [2.24, 2.45) is 11.8 Å². The van der Waals surface area contributed by atoms with Crippen LogP contribution in [0.3, 0.4) is 0 Å². The number of ether oxygens (including phenoxy) is 2. The molecule has 0 aromatic heterocycles. The Labute approximate surface area is 90.0 Å². The standard InChI is InChI=1S/C10H22O2.C2H6/c1-5-9(7-11-3)10(6-2)8-12-4;1-2/h9-10H,5-8H2,1-4H3;1-2H3. The molecule has 2 atom stereocenters. The number of hydrogen-bond acceptors (Lipinski definition) is 2. The zero-order valence-corrected chi connectivity index (χ0v) is 10.8. The lowest BCUT2D eigenvalue weighted by molar-refractivity contribution is 0.0662. The molecule has 14 heavy (non-hydrogen) atoms. The van der Waals surface area contributed by atoms with Gasteiger partial charge in [-0.2, -0.15) is 0 Å². The van der Waals surface area contributed by atoms with Gasteiger partial charge in [0, 0.05) is 27.4 Å². The average molecular weight is 204 g/mol. The van der Waals surface area contributed by atoms with E-state index in [2.05, 4.69) is 13.8 Å². The number of methoxy groups -OCH3 is 2. The molecule has 0 fully saturated rings. The summed E-state index contributed by atoms with van der Waals surface area (Å²) in [5, 5.41) is 0. The average Bonchev–Trinajstić information content (AvgIpc) is 2.26. The van der Waals surface area contributed by atoms with Gasteiger partial charge in [0.05, 0.1) is 0 Å². The Kier molecular flexibility index (Phi) is 15.1. The van der Waals surface area contributed by atoms with Gasteiger partial charge in [0.25, 0.3) is 0 Å². The molecule has 0 rings (SSSR count). The first-order valence-electron chi connectivity index (χ1n) is 5.77. The molecule has 0 heterocycles. The van der Waals surface area contributed by atoms with Gasteiger partial charge in [-0.25, -0.2) is 0 Å². The summed E-state index contributed by atoms with van der Waals surface area (Å²) >= 11 is 0. The SMILES string of the molecule is CC.CCC(COC)C(CC)COC. The minimum absolute atomic E-state index is 0.653. The summed E-state index contributed by atoms with van der Waals surface area (Å²) in [6.45, 7) is 10.1. The molecule has 0 saturated heterocycles. The fraction of sp³-hybridized carbons (Fsp3) is 1.00. The van der Waals surface area contributed by atoms with Crippen molar-refractivity contribution >= 4 is 0 Å². The van der Waals surface area contributed by atoms with E-state index in [0.717, 1.165) is 13.2 Å². The zero-order chi connectivity index (χ0) is 11.4. The van der Waals surface area contributed by atoms with Crippen molar-refractivity contribution in [1.82, 2.24) is 0 Å². The van der Waals surface area contributed by atoms with Crippen LogP contribution >= 0.6 is 0 Å². The van der Waals surface area contributed by atoms with Crippen LogP contribution in [0.15, 0.2) is 0 Å². The molecule has 0 aromatic carbocycles. The highest BCUT2D eigenvalue weighted by molar-refractivity contribution is 4.66. The van der Waals surface area contributed by atoms with Gasteiger partial charge in [0.2, 0.25) is 0 Å². The topological polar surface area (TPSA) is 18.5 Å². The molecule has 0 amide bonds. The van der Waals surface area contributed by atoms with Crippen molar-refractivity contribution in [2.75, 3.05) is 27.4 Å². The summed E-state index contributed by atoms with van der Waals surface area (Å²) in [6, 6.07) is 0. The zero-order valence-electron chi connectivity index (χ0n) is 10.8. The van der Waals surface area contributed by atoms with Crippen LogP contribution < -0.4 is 0 Å². The minimum atomic E-state index is 0.653. The van der Waals surface area contributed by atoms with E-state index in [1.54, 1.807) is 14.2 Å². The van der Waals surface area contributed by atoms with E-state index in [4.69, 9.17) is 9.47 Å². The highest BCUT2D eigenvalue weighted by Crippen LogP contribution is 2.19. The van der Waals surface area contributed by atoms with Crippen molar-refractivity contribution in [3.8, 4) is 0 Å². The maximum Gasteiger partial charge on any atom is 0.0493 e. The smallest absolute Gasteiger partial charge is 0.0493 e. The lowest BCUT2D eigenvalue weighted by Crippen LogP contribution is -2.22. The van der Waals surface area contributed by atoms with Crippen LogP contribution in [-0.4, -0.2) is 27.4 Å². The van der Waals surface area contributed by atoms with Crippen molar-refractivity contribution in [3.05, 3.63) is 0 Å². The second-order valence-electron chi connectivity index (χ2n) is 3.25. The highest BCUT2D eigenvalue weighted by Gasteiger charge is 2.17. The maximum absolute atomic E-state index is 5.17. The molecule has 0 saturated carbocycles. The van der Waals surface area contributed by atoms with Crippen molar-refractivity contribution in [1.29, 1.82) is 0 Å². The Morgan fingerprint density at radius 2 is 1.07 bits per heavy atom. The summed E-state index contributed by atoms with van der Waals surface area (Å²) < 4.78 is 10.3. The lowest BCUT2D eigenvalue weighted by Gasteiger charge is -2.23. The van der Waals surface area contributed by atoms with Crippen molar-refractivity contribution < 1.29 is 9.47 Å². The van der Waals surface area contributed by atoms with Crippen LogP contribution in [0.2, 0.25) is 0 Å². The Bertz CT molecular complexity index is 82.3. The molecule has 0 radical (unpaired) electrons. The largest absolute Gasteiger partial charge is 0.384 e. The molecule has 0 N–H and O–H groups in total. The van der Waals surface area contributed by atoms with E-state index >= 15 is 0 Å². The fourth-order valence-electron chi connectivity index (χ4n) is 1.60. The summed E-state index contributed by atoms with van der Waals surface area (Å²) in [5.74, 6) is 1.31. The molecule has 88 valence electrons. The third-order valence-corrected chi connectivity index (χ3v) is 2.48. The van der Waals surface area contributed by atoms with Crippen LogP contribution in [0.1, 0.15) is 40.5 Å². The Balaban J connectivity index is 0. The van der Waals surface area contributed by atoms with E-state index in [1.807, 2.05) is 13.8 Å². The molecule has 0 aliphatic heterocycles. The van der Waals surface area contributed by atoms with Gasteiger partial charge in [-0.3, -0.25) is 0 Å². The van der Waals surface area contributed by atoms with Crippen molar-refractivity contribution in [2.45, 2.75) is 40.5 Å². The monoisotopic (exact) mass is 204 g/mol. The number of rotatable bonds is 7. The molecule has 0 aliphatic rings. The van der Waals surface area contributed by atoms with E-state index in [0.29, 0.717) is 11.8 Å². The fourth-order valence-corrected chi connectivity index (χ4v) is 1.60. The molecular formula is C12H28O2. The van der Waals surface area contributed by atoms with Crippen molar-refractivity contribution in [3.63, 3.8) is 0 Å². The molecular weight excluding hydrogens is 176 g/mol. The van der Waals surface area contributed by atoms with E-state index < -0.39 is 0 Å². The number of hydrogen-bond donors (Lipinski definition) is 0. The first kappa shape index (κ1) is 16.4. The minimum Gasteiger partial charge on any atom is -0.384 e. The first-order chi connectivity index (χ1) is 6.79. The van der Waals surface area contributed by atoms with Gasteiger partial charge in [0.1, 0.15) is 0 Å². The first-order valence-corrected chi connectivity index (χ1v) is 5.77. The third kappa shape index (κ3) is 7.34. The van der Waals surface area contributed by atoms with Crippen LogP contribution in [-0.2, 0) is 9.47 Å². The summed E-state index contributed by atoms with van der Waals surface area (Å²) in [6.07, 6.45) is 2.35. The summed E-state index contributed by atoms with van der Waals surface area (Å²) in [5.41, 5.74) is 0. The summed E-state index contributed by atoms with van der Waals surface area (Å²) in [7, 11) is 3.53. The maximum atomic E-state index is 5.17. The second kappa shape index (κ2) is 12.9. The molecule has 0 bridgehead atoms. The predicted molar refractivity (Wildman–Crippen MR) is 62.7 cm³/mol. The third-order valence-electron chi connectivity index (χ3n) is 2.48. The molecule has 0 aromatic rings. The van der Waals surface area contributed by atoms with Gasteiger partial charge in [-0.1, -0.05) is 40.5 Å². The normalized spacial score (nSPS) is 14.1. The Morgan fingerprint density at radius 1 is 0.786 bits per heavy atom. The second-order valence-corrected chi connectivity index (χ2v) is 3.25. The predicted octanol–water partition coefficient (Wildman–Crippen LogP) is 3.36. The molecule has 2 nitrogen and oxygen atoms in total. The Morgan fingerprint density at radius 3 is 1.21 bits per heavy atom. The van der Waals surface area contributed by atoms with Gasteiger partial charge in [-0.05, 0) is 11.8 Å². The van der Waals surface area contributed by atoms with Gasteiger partial charge < -0.3 is 9.47 Å². The molecule has 2 unspecified atom stereocenters. The van der Waals surface area contributed by atoms with Gasteiger partial charge >= 0.3 is 0 Å².